The van der Waals surface area contributed by atoms with E-state index in [0.29, 0.717) is 5.01 Å². The highest BCUT2D eigenvalue weighted by molar-refractivity contribution is 6.35. The number of carbonyl (C=O) groups is 1. The van der Waals surface area contributed by atoms with Crippen LogP contribution in [0, 0.1) is 0 Å². The molecular formula is C15H11ClF3N3O2. The molecule has 2 rings (SSSR count). The summed E-state index contributed by atoms with van der Waals surface area (Å²) in [4.78, 5) is 14.3. The van der Waals surface area contributed by atoms with Gasteiger partial charge in [-0.05, 0) is 24.3 Å². The predicted molar refractivity (Wildman–Crippen MR) is 84.1 cm³/mol. The average Bonchev–Trinajstić information content (AvgIpc) is 2.52. The number of alkyl halides is 3. The number of rotatable bonds is 2. The van der Waals surface area contributed by atoms with Crippen molar-refractivity contribution in [1.29, 1.82) is 0 Å². The van der Waals surface area contributed by atoms with Crippen LogP contribution in [0.3, 0.4) is 0 Å². The van der Waals surface area contributed by atoms with E-state index >= 15 is 0 Å². The second-order valence-corrected chi connectivity index (χ2v) is 4.99. The quantitative estimate of drug-likeness (QED) is 0.366. The van der Waals surface area contributed by atoms with Gasteiger partial charge in [0.25, 0.3) is 0 Å². The molecule has 0 bridgehead atoms. The lowest BCUT2D eigenvalue weighted by Gasteiger charge is -2.24. The molecule has 126 valence electrons. The third kappa shape index (κ3) is 3.84. The minimum Gasteiger partial charge on any atom is -0.463 e. The number of halogens is 4. The molecule has 0 aliphatic carbocycles. The first-order valence-corrected chi connectivity index (χ1v) is 6.87. The molecule has 1 amide bonds. The molecule has 5 nitrogen and oxygen atoms in total. The normalized spacial score (nSPS) is 12.1. The second-order valence-electron chi connectivity index (χ2n) is 4.58. The monoisotopic (exact) mass is 357 g/mol. The molecule has 0 heterocycles. The van der Waals surface area contributed by atoms with Gasteiger partial charge in [0.15, 0.2) is 5.84 Å². The summed E-state index contributed by atoms with van der Waals surface area (Å²) in [5.41, 5.74) is -1.40. The number of nitrogens with zero attached hydrogens (tertiary/aromatic N) is 2. The van der Waals surface area contributed by atoms with E-state index in [1.54, 1.807) is 6.07 Å². The van der Waals surface area contributed by atoms with Crippen molar-refractivity contribution in [3.8, 4) is 0 Å². The number of amidine groups is 1. The largest absolute Gasteiger partial charge is 0.463 e. The van der Waals surface area contributed by atoms with E-state index in [0.717, 1.165) is 12.1 Å². The number of hydrogen-bond donors (Lipinski definition) is 2. The summed E-state index contributed by atoms with van der Waals surface area (Å²) in [6, 6.07) is 10.4. The third-order valence-corrected chi connectivity index (χ3v) is 3.34. The van der Waals surface area contributed by atoms with Gasteiger partial charge in [0.1, 0.15) is 0 Å². The van der Waals surface area contributed by atoms with Crippen LogP contribution < -0.4 is 10.9 Å². The van der Waals surface area contributed by atoms with E-state index < -0.39 is 29.4 Å². The van der Waals surface area contributed by atoms with Crippen molar-refractivity contribution in [3.63, 3.8) is 0 Å². The van der Waals surface area contributed by atoms with Crippen molar-refractivity contribution in [3.05, 3.63) is 64.7 Å². The summed E-state index contributed by atoms with van der Waals surface area (Å²) in [5.74, 6) is 5.34. The molecule has 9 heteroatoms. The summed E-state index contributed by atoms with van der Waals surface area (Å²) in [6.45, 7) is 0. The van der Waals surface area contributed by atoms with Gasteiger partial charge in [-0.3, -0.25) is 5.01 Å². The molecule has 2 aromatic carbocycles. The molecule has 0 radical (unpaired) electrons. The van der Waals surface area contributed by atoms with Gasteiger partial charge in [0.2, 0.25) is 0 Å². The number of nitrogens with two attached hydrogens (primary N) is 1. The first kappa shape index (κ1) is 17.8. The second kappa shape index (κ2) is 6.90. The smallest absolute Gasteiger partial charge is 0.433 e. The molecule has 0 aromatic heterocycles. The van der Waals surface area contributed by atoms with E-state index in [9.17, 15) is 18.0 Å². The molecule has 0 aliphatic heterocycles. The van der Waals surface area contributed by atoms with Gasteiger partial charge in [-0.15, -0.1) is 0 Å². The molecular weight excluding hydrogens is 347 g/mol. The zero-order chi connectivity index (χ0) is 17.9. The Balaban J connectivity index is 2.62. The Morgan fingerprint density at radius 3 is 2.29 bits per heavy atom. The van der Waals surface area contributed by atoms with Crippen LogP contribution in [0.4, 0.5) is 23.7 Å². The molecule has 0 saturated carbocycles. The molecule has 0 atom stereocenters. The van der Waals surface area contributed by atoms with Crippen molar-refractivity contribution < 1.29 is 23.1 Å². The number of amides is 1. The van der Waals surface area contributed by atoms with Gasteiger partial charge in [-0.1, -0.05) is 35.9 Å². The molecule has 0 unspecified atom stereocenters. The highest BCUT2D eigenvalue weighted by atomic mass is 35.5. The van der Waals surface area contributed by atoms with E-state index in [1.165, 1.54) is 30.3 Å². The van der Waals surface area contributed by atoms with E-state index in [2.05, 4.69) is 4.99 Å². The Morgan fingerprint density at radius 2 is 1.71 bits per heavy atom. The number of carboxylic acid groups (broad SMARTS) is 1. The average molecular weight is 358 g/mol. The molecule has 0 aliphatic rings. The zero-order valence-electron chi connectivity index (χ0n) is 12.0. The van der Waals surface area contributed by atoms with Crippen molar-refractivity contribution in [1.82, 2.24) is 0 Å². The number of aliphatic imine (C=N–C) groups is 1. The topological polar surface area (TPSA) is 78.9 Å². The van der Waals surface area contributed by atoms with E-state index in [4.69, 9.17) is 22.6 Å². The summed E-state index contributed by atoms with van der Waals surface area (Å²) < 4.78 is 39.5. The van der Waals surface area contributed by atoms with E-state index in [1.807, 2.05) is 0 Å². The minimum absolute atomic E-state index is 0.0843. The van der Waals surface area contributed by atoms with Crippen LogP contribution in [0.5, 0.6) is 0 Å². The van der Waals surface area contributed by atoms with Gasteiger partial charge in [-0.25, -0.2) is 10.6 Å². The lowest BCUT2D eigenvalue weighted by molar-refractivity contribution is -0.137. The highest BCUT2D eigenvalue weighted by Gasteiger charge is 2.35. The van der Waals surface area contributed by atoms with Crippen LogP contribution in [0.15, 0.2) is 53.5 Å². The van der Waals surface area contributed by atoms with Gasteiger partial charge in [0, 0.05) is 5.56 Å². The van der Waals surface area contributed by atoms with Crippen LogP contribution in [-0.2, 0) is 6.18 Å². The number of benzene rings is 2. The number of hydrazine groups is 1. The van der Waals surface area contributed by atoms with Gasteiger partial charge in [-0.2, -0.15) is 18.2 Å². The fraction of sp³-hybridized carbons (Fsp3) is 0.0667. The van der Waals surface area contributed by atoms with E-state index in [-0.39, 0.29) is 10.6 Å². The molecule has 0 fully saturated rings. The van der Waals surface area contributed by atoms with Crippen LogP contribution in [0.1, 0.15) is 11.1 Å². The molecule has 3 N–H and O–H groups in total. The summed E-state index contributed by atoms with van der Waals surface area (Å²) in [5, 5.41) is 9.57. The number of para-hydroxylation sites is 1. The van der Waals surface area contributed by atoms with Gasteiger partial charge in [0.05, 0.1) is 16.3 Å². The lowest BCUT2D eigenvalue weighted by atomic mass is 10.1. The fourth-order valence-corrected chi connectivity index (χ4v) is 2.23. The Morgan fingerprint density at radius 1 is 1.12 bits per heavy atom. The van der Waals surface area contributed by atoms with Gasteiger partial charge < -0.3 is 5.11 Å². The predicted octanol–water partition coefficient (Wildman–Crippen LogP) is 4.16. The Labute approximate surface area is 139 Å². The maximum Gasteiger partial charge on any atom is 0.433 e. The SMILES string of the molecule is NN(C(=NC(=O)O)c1ccccc1Cl)c1ccccc1C(F)(F)F. The van der Waals surface area contributed by atoms with Crippen LogP contribution in [0.25, 0.3) is 0 Å². The van der Waals surface area contributed by atoms with Crippen molar-refractivity contribution in [2.45, 2.75) is 6.18 Å². The third-order valence-electron chi connectivity index (χ3n) is 3.01. The van der Waals surface area contributed by atoms with Gasteiger partial charge >= 0.3 is 12.3 Å². The fourth-order valence-electron chi connectivity index (χ4n) is 2.01. The maximum absolute atomic E-state index is 13.2. The van der Waals surface area contributed by atoms with Crippen molar-refractivity contribution in [2.24, 2.45) is 10.8 Å². The minimum atomic E-state index is -4.68. The maximum atomic E-state index is 13.2. The highest BCUT2D eigenvalue weighted by Crippen LogP contribution is 2.36. The van der Waals surface area contributed by atoms with Crippen molar-refractivity contribution >= 4 is 29.2 Å². The Kier molecular flexibility index (Phi) is 5.10. The number of hydrogen-bond acceptors (Lipinski definition) is 2. The van der Waals surface area contributed by atoms with Crippen molar-refractivity contribution in [2.75, 3.05) is 5.01 Å². The molecule has 2 aromatic rings. The first-order valence-electron chi connectivity index (χ1n) is 6.49. The Hall–Kier alpha value is -2.58. The van der Waals surface area contributed by atoms with Crippen LogP contribution in [0.2, 0.25) is 5.02 Å². The summed E-state index contributed by atoms with van der Waals surface area (Å²) in [6.07, 6.45) is -6.30. The summed E-state index contributed by atoms with van der Waals surface area (Å²) >= 11 is 5.99. The number of anilines is 1. The lowest BCUT2D eigenvalue weighted by Crippen LogP contribution is -2.40. The molecule has 0 saturated heterocycles. The molecule has 24 heavy (non-hydrogen) atoms. The standard InChI is InChI=1S/C15H11ClF3N3O2/c16-11-7-3-1-5-9(11)13(21-14(23)24)22(20)12-8-4-2-6-10(12)15(17,18)19/h1-8H,20H2,(H,23,24). The summed E-state index contributed by atoms with van der Waals surface area (Å²) in [7, 11) is 0. The Bertz CT molecular complexity index is 794. The van der Waals surface area contributed by atoms with Crippen LogP contribution in [-0.4, -0.2) is 17.0 Å². The first-order chi connectivity index (χ1) is 11.2. The molecule has 0 spiro atoms. The zero-order valence-corrected chi connectivity index (χ0v) is 12.7. The van der Waals surface area contributed by atoms with Crippen LogP contribution >= 0.6 is 11.6 Å².